The number of aryl methyl sites for hydroxylation is 2. The van der Waals surface area contributed by atoms with Crippen molar-refractivity contribution in [1.29, 1.82) is 0 Å². The zero-order valence-electron chi connectivity index (χ0n) is 16.2. The van der Waals surface area contributed by atoms with Crippen LogP contribution in [0.3, 0.4) is 0 Å². The molecule has 3 heterocycles. The van der Waals surface area contributed by atoms with Crippen molar-refractivity contribution in [2.24, 2.45) is 0 Å². The van der Waals surface area contributed by atoms with E-state index in [1.165, 1.54) is 63.0 Å². The molecule has 1 aromatic carbocycles. The van der Waals surface area contributed by atoms with Crippen LogP contribution in [-0.2, 0) is 6.42 Å². The van der Waals surface area contributed by atoms with Crippen molar-refractivity contribution >= 4 is 0 Å². The molecule has 1 atom stereocenters. The molecule has 2 saturated heterocycles. The Morgan fingerprint density at radius 1 is 1.04 bits per heavy atom. The molecule has 2 aliphatic heterocycles. The van der Waals surface area contributed by atoms with Crippen LogP contribution in [0.2, 0.25) is 0 Å². The highest BCUT2D eigenvalue weighted by atomic mass is 16.5. The minimum absolute atomic E-state index is 0.516. The van der Waals surface area contributed by atoms with Crippen LogP contribution in [0.15, 0.2) is 34.9 Å². The summed E-state index contributed by atoms with van der Waals surface area (Å²) in [5, 5.41) is 4.20. The lowest BCUT2D eigenvalue weighted by Crippen LogP contribution is -2.45. The van der Waals surface area contributed by atoms with Gasteiger partial charge in [-0.3, -0.25) is 4.90 Å². The number of piperidine rings is 1. The molecule has 0 spiro atoms. The summed E-state index contributed by atoms with van der Waals surface area (Å²) in [5.74, 6) is 1.01. The Balaban J connectivity index is 1.33. The van der Waals surface area contributed by atoms with E-state index in [4.69, 9.17) is 4.52 Å². The molecule has 0 radical (unpaired) electrons. The van der Waals surface area contributed by atoms with Gasteiger partial charge in [0.2, 0.25) is 0 Å². The molecular weight excluding hydrogens is 322 g/mol. The number of benzene rings is 1. The first kappa shape index (κ1) is 17.7. The molecule has 2 aromatic rings. The van der Waals surface area contributed by atoms with Gasteiger partial charge in [-0.15, -0.1) is 0 Å². The van der Waals surface area contributed by atoms with Crippen molar-refractivity contribution in [3.8, 4) is 0 Å². The van der Waals surface area contributed by atoms with Gasteiger partial charge < -0.3 is 9.42 Å². The third-order valence-electron chi connectivity index (χ3n) is 6.30. The van der Waals surface area contributed by atoms with E-state index in [9.17, 15) is 0 Å². The van der Waals surface area contributed by atoms with Crippen LogP contribution in [-0.4, -0.2) is 47.2 Å². The Bertz CT molecular complexity index is 684. The maximum Gasteiger partial charge on any atom is 0.138 e. The number of aromatic nitrogens is 1. The molecule has 140 valence electrons. The molecule has 0 aliphatic carbocycles. The second-order valence-corrected chi connectivity index (χ2v) is 7.94. The minimum atomic E-state index is 0.516. The van der Waals surface area contributed by atoms with Crippen molar-refractivity contribution in [3.63, 3.8) is 0 Å². The van der Waals surface area contributed by atoms with Crippen LogP contribution in [0.25, 0.3) is 0 Å². The van der Waals surface area contributed by atoms with Crippen molar-refractivity contribution in [3.05, 3.63) is 52.9 Å². The molecular formula is C22H31N3O. The predicted octanol–water partition coefficient (Wildman–Crippen LogP) is 4.14. The molecule has 26 heavy (non-hydrogen) atoms. The molecule has 0 saturated carbocycles. The first-order valence-corrected chi connectivity index (χ1v) is 10.2. The summed E-state index contributed by atoms with van der Waals surface area (Å²) >= 11 is 0. The Kier molecular flexibility index (Phi) is 5.41. The van der Waals surface area contributed by atoms with E-state index >= 15 is 0 Å². The lowest BCUT2D eigenvalue weighted by atomic mass is 9.97. The van der Waals surface area contributed by atoms with Crippen LogP contribution in [0, 0.1) is 13.8 Å². The number of rotatable bonds is 5. The monoisotopic (exact) mass is 353 g/mol. The van der Waals surface area contributed by atoms with Gasteiger partial charge in [0.1, 0.15) is 5.76 Å². The largest absolute Gasteiger partial charge is 0.361 e. The van der Waals surface area contributed by atoms with E-state index in [0.717, 1.165) is 17.9 Å². The maximum absolute atomic E-state index is 5.45. The summed E-state index contributed by atoms with van der Waals surface area (Å²) < 4.78 is 5.45. The topological polar surface area (TPSA) is 32.5 Å². The van der Waals surface area contributed by atoms with Crippen LogP contribution in [0.5, 0.6) is 0 Å². The smallest absolute Gasteiger partial charge is 0.138 e. The van der Waals surface area contributed by atoms with Crippen molar-refractivity contribution < 1.29 is 4.52 Å². The first-order chi connectivity index (χ1) is 12.7. The second kappa shape index (κ2) is 7.93. The van der Waals surface area contributed by atoms with Crippen LogP contribution >= 0.6 is 0 Å². The SMILES string of the molecule is Cc1noc(C)c1[C@@H]1CCCN1C1CCN(CCc2ccccc2)CC1. The van der Waals surface area contributed by atoms with Crippen LogP contribution in [0.4, 0.5) is 0 Å². The summed E-state index contributed by atoms with van der Waals surface area (Å²) in [7, 11) is 0. The lowest BCUT2D eigenvalue weighted by molar-refractivity contribution is 0.0985. The molecule has 0 N–H and O–H groups in total. The Morgan fingerprint density at radius 3 is 2.50 bits per heavy atom. The molecule has 4 heteroatoms. The van der Waals surface area contributed by atoms with Crippen molar-refractivity contribution in [1.82, 2.24) is 15.0 Å². The minimum Gasteiger partial charge on any atom is -0.361 e. The Labute approximate surface area is 157 Å². The molecule has 1 aromatic heterocycles. The Morgan fingerprint density at radius 2 is 1.81 bits per heavy atom. The van der Waals surface area contributed by atoms with E-state index in [2.05, 4.69) is 59.1 Å². The van der Waals surface area contributed by atoms with Gasteiger partial charge in [-0.05, 0) is 71.1 Å². The number of hydrogen-bond acceptors (Lipinski definition) is 4. The third-order valence-corrected chi connectivity index (χ3v) is 6.30. The zero-order chi connectivity index (χ0) is 17.9. The predicted molar refractivity (Wildman–Crippen MR) is 104 cm³/mol. The van der Waals surface area contributed by atoms with E-state index in [0.29, 0.717) is 12.1 Å². The Hall–Kier alpha value is -1.65. The van der Waals surface area contributed by atoms with Crippen LogP contribution < -0.4 is 0 Å². The standard InChI is InChI=1S/C22H31N3O/c1-17-22(18(2)26-23-17)21-9-6-13-25(21)20-11-15-24(16-12-20)14-10-19-7-4-3-5-8-19/h3-5,7-8,20-21H,6,9-16H2,1-2H3/t21-/m0/s1. The van der Waals surface area contributed by atoms with Gasteiger partial charge in [-0.1, -0.05) is 35.5 Å². The second-order valence-electron chi connectivity index (χ2n) is 7.94. The highest BCUT2D eigenvalue weighted by Crippen LogP contribution is 2.38. The molecule has 2 fully saturated rings. The van der Waals surface area contributed by atoms with Crippen LogP contribution in [0.1, 0.15) is 54.3 Å². The molecule has 0 bridgehead atoms. The lowest BCUT2D eigenvalue weighted by Gasteiger charge is -2.39. The first-order valence-electron chi connectivity index (χ1n) is 10.2. The molecule has 4 rings (SSSR count). The summed E-state index contributed by atoms with van der Waals surface area (Å²) in [6.07, 6.45) is 6.28. The fourth-order valence-corrected chi connectivity index (χ4v) is 4.91. The summed E-state index contributed by atoms with van der Waals surface area (Å²) in [5.41, 5.74) is 3.89. The van der Waals surface area contributed by atoms with E-state index in [-0.39, 0.29) is 0 Å². The molecule has 0 unspecified atom stereocenters. The van der Waals surface area contributed by atoms with Gasteiger partial charge in [-0.25, -0.2) is 0 Å². The van der Waals surface area contributed by atoms with E-state index < -0.39 is 0 Å². The number of hydrogen-bond donors (Lipinski definition) is 0. The highest BCUT2D eigenvalue weighted by Gasteiger charge is 2.36. The molecule has 0 amide bonds. The quantitative estimate of drug-likeness (QED) is 0.809. The van der Waals surface area contributed by atoms with Crippen molar-refractivity contribution in [2.45, 2.75) is 58.0 Å². The normalized spacial score (nSPS) is 22.9. The van der Waals surface area contributed by atoms with E-state index in [1.54, 1.807) is 0 Å². The molecule has 2 aliphatic rings. The fraction of sp³-hybridized carbons (Fsp3) is 0.591. The number of likely N-dealkylation sites (tertiary alicyclic amines) is 2. The zero-order valence-corrected chi connectivity index (χ0v) is 16.2. The number of nitrogens with zero attached hydrogens (tertiary/aromatic N) is 3. The summed E-state index contributed by atoms with van der Waals surface area (Å²) in [4.78, 5) is 5.39. The highest BCUT2D eigenvalue weighted by molar-refractivity contribution is 5.26. The molecule has 4 nitrogen and oxygen atoms in total. The van der Waals surface area contributed by atoms with Gasteiger partial charge in [0.25, 0.3) is 0 Å². The van der Waals surface area contributed by atoms with E-state index in [1.807, 2.05) is 0 Å². The average Bonchev–Trinajstić information content (AvgIpc) is 3.27. The van der Waals surface area contributed by atoms with Gasteiger partial charge in [-0.2, -0.15) is 0 Å². The van der Waals surface area contributed by atoms with Gasteiger partial charge >= 0.3 is 0 Å². The summed E-state index contributed by atoms with van der Waals surface area (Å²) in [6, 6.07) is 12.1. The summed E-state index contributed by atoms with van der Waals surface area (Å²) in [6.45, 7) is 9.02. The average molecular weight is 354 g/mol. The maximum atomic E-state index is 5.45. The fourth-order valence-electron chi connectivity index (χ4n) is 4.91. The van der Waals surface area contributed by atoms with Gasteiger partial charge in [0.15, 0.2) is 0 Å². The third kappa shape index (κ3) is 3.72. The van der Waals surface area contributed by atoms with Gasteiger partial charge in [0.05, 0.1) is 5.69 Å². The van der Waals surface area contributed by atoms with Gasteiger partial charge in [0, 0.05) is 24.2 Å². The van der Waals surface area contributed by atoms with Crippen molar-refractivity contribution in [2.75, 3.05) is 26.2 Å².